The van der Waals surface area contributed by atoms with Gasteiger partial charge in [0.25, 0.3) is 0 Å². The van der Waals surface area contributed by atoms with E-state index >= 15 is 0 Å². The second-order valence-corrected chi connectivity index (χ2v) is 8.14. The first-order chi connectivity index (χ1) is 13.6. The van der Waals surface area contributed by atoms with Gasteiger partial charge in [0.05, 0.1) is 13.2 Å². The van der Waals surface area contributed by atoms with Gasteiger partial charge in [-0.3, -0.25) is 0 Å². The predicted octanol–water partition coefficient (Wildman–Crippen LogP) is 2.64. The zero-order valence-electron chi connectivity index (χ0n) is 17.7. The quantitative estimate of drug-likeness (QED) is 0.503. The summed E-state index contributed by atoms with van der Waals surface area (Å²) in [6, 6.07) is 8.24. The number of hydrogen-bond donors (Lipinski definition) is 2. The third-order valence-corrected chi connectivity index (χ3v) is 5.85. The lowest BCUT2D eigenvalue weighted by molar-refractivity contribution is -0.00501. The van der Waals surface area contributed by atoms with E-state index < -0.39 is 0 Å². The fourth-order valence-corrected chi connectivity index (χ4v) is 3.56. The molecule has 1 heterocycles. The molecule has 2 fully saturated rings. The summed E-state index contributed by atoms with van der Waals surface area (Å²) in [6.07, 6.45) is 4.66. The third kappa shape index (κ3) is 5.85. The van der Waals surface area contributed by atoms with Gasteiger partial charge in [-0.1, -0.05) is 18.2 Å². The number of likely N-dealkylation sites (N-methyl/N-ethyl adjacent to an activating group) is 1. The SMILES string of the molecule is CCNC(=NCc1ccccc1OCC1CC1)NCC1(N(C)C)CCOCC1. The van der Waals surface area contributed by atoms with E-state index in [9.17, 15) is 0 Å². The van der Waals surface area contributed by atoms with Gasteiger partial charge in [0, 0.05) is 37.4 Å². The van der Waals surface area contributed by atoms with Crippen molar-refractivity contribution in [3.05, 3.63) is 29.8 Å². The third-order valence-electron chi connectivity index (χ3n) is 5.85. The summed E-state index contributed by atoms with van der Waals surface area (Å²) in [5, 5.41) is 6.94. The summed E-state index contributed by atoms with van der Waals surface area (Å²) in [4.78, 5) is 7.15. The van der Waals surface area contributed by atoms with Gasteiger partial charge in [-0.25, -0.2) is 4.99 Å². The molecule has 0 atom stereocenters. The fourth-order valence-electron chi connectivity index (χ4n) is 3.56. The first-order valence-corrected chi connectivity index (χ1v) is 10.6. The minimum atomic E-state index is 0.111. The van der Waals surface area contributed by atoms with E-state index in [-0.39, 0.29) is 5.54 Å². The summed E-state index contributed by atoms with van der Waals surface area (Å²) in [7, 11) is 4.31. The summed E-state index contributed by atoms with van der Waals surface area (Å²) >= 11 is 0. The number of ether oxygens (including phenoxy) is 2. The lowest BCUT2D eigenvalue weighted by Crippen LogP contribution is -2.57. The Bertz CT molecular complexity index is 637. The minimum Gasteiger partial charge on any atom is -0.493 e. The number of benzene rings is 1. The van der Waals surface area contributed by atoms with Gasteiger partial charge in [0.1, 0.15) is 5.75 Å². The van der Waals surface area contributed by atoms with E-state index in [1.165, 1.54) is 12.8 Å². The summed E-state index contributed by atoms with van der Waals surface area (Å²) in [5.41, 5.74) is 1.24. The topological polar surface area (TPSA) is 58.1 Å². The van der Waals surface area contributed by atoms with Crippen LogP contribution < -0.4 is 15.4 Å². The van der Waals surface area contributed by atoms with E-state index in [0.717, 1.165) is 68.9 Å². The van der Waals surface area contributed by atoms with Crippen molar-refractivity contribution in [2.24, 2.45) is 10.9 Å². The molecule has 1 aliphatic heterocycles. The second-order valence-electron chi connectivity index (χ2n) is 8.14. The molecule has 1 saturated heterocycles. The first-order valence-electron chi connectivity index (χ1n) is 10.6. The molecule has 0 unspecified atom stereocenters. The van der Waals surface area contributed by atoms with Crippen LogP contribution in [0.5, 0.6) is 5.75 Å². The Morgan fingerprint density at radius 1 is 1.21 bits per heavy atom. The monoisotopic (exact) mass is 388 g/mol. The highest BCUT2D eigenvalue weighted by molar-refractivity contribution is 5.79. The molecule has 0 spiro atoms. The van der Waals surface area contributed by atoms with Crippen LogP contribution in [0.1, 0.15) is 38.2 Å². The van der Waals surface area contributed by atoms with Crippen molar-refractivity contribution in [2.75, 3.05) is 47.0 Å². The Labute approximate surface area is 169 Å². The zero-order valence-corrected chi connectivity index (χ0v) is 17.7. The molecule has 1 saturated carbocycles. The molecule has 0 aromatic heterocycles. The summed E-state index contributed by atoms with van der Waals surface area (Å²) < 4.78 is 11.6. The van der Waals surface area contributed by atoms with Crippen LogP contribution in [0.25, 0.3) is 0 Å². The highest BCUT2D eigenvalue weighted by Gasteiger charge is 2.34. The van der Waals surface area contributed by atoms with E-state index in [4.69, 9.17) is 14.5 Å². The normalized spacial score (nSPS) is 19.5. The zero-order chi connectivity index (χ0) is 19.8. The average Bonchev–Trinajstić information content (AvgIpc) is 3.54. The molecule has 2 aliphatic rings. The lowest BCUT2D eigenvalue weighted by atomic mass is 9.88. The molecule has 2 N–H and O–H groups in total. The molecule has 0 amide bonds. The van der Waals surface area contributed by atoms with Crippen LogP contribution in [0.4, 0.5) is 0 Å². The molecule has 156 valence electrons. The van der Waals surface area contributed by atoms with Crippen molar-refractivity contribution >= 4 is 5.96 Å². The van der Waals surface area contributed by atoms with E-state index in [1.54, 1.807) is 0 Å². The van der Waals surface area contributed by atoms with Crippen molar-refractivity contribution in [3.8, 4) is 5.75 Å². The van der Waals surface area contributed by atoms with E-state index in [1.807, 2.05) is 6.07 Å². The molecule has 0 radical (unpaired) electrons. The highest BCUT2D eigenvalue weighted by atomic mass is 16.5. The van der Waals surface area contributed by atoms with Crippen molar-refractivity contribution in [1.82, 2.24) is 15.5 Å². The number of aliphatic imine (C=N–C) groups is 1. The maximum absolute atomic E-state index is 6.03. The number of rotatable bonds is 9. The maximum atomic E-state index is 6.03. The van der Waals surface area contributed by atoms with E-state index in [2.05, 4.69) is 54.8 Å². The smallest absolute Gasteiger partial charge is 0.191 e. The van der Waals surface area contributed by atoms with Crippen LogP contribution in [0.2, 0.25) is 0 Å². The van der Waals surface area contributed by atoms with Crippen LogP contribution in [0.15, 0.2) is 29.3 Å². The Morgan fingerprint density at radius 3 is 2.64 bits per heavy atom. The van der Waals surface area contributed by atoms with Gasteiger partial charge < -0.3 is 25.0 Å². The van der Waals surface area contributed by atoms with Gasteiger partial charge in [0.15, 0.2) is 5.96 Å². The predicted molar refractivity (Wildman–Crippen MR) is 114 cm³/mol. The van der Waals surface area contributed by atoms with Gasteiger partial charge in [-0.2, -0.15) is 0 Å². The number of nitrogens with zero attached hydrogens (tertiary/aromatic N) is 2. The molecule has 6 heteroatoms. The van der Waals surface area contributed by atoms with Crippen LogP contribution in [0.3, 0.4) is 0 Å². The molecule has 1 aliphatic carbocycles. The number of para-hydroxylation sites is 1. The summed E-state index contributed by atoms with van der Waals surface area (Å²) in [6.45, 7) is 6.86. The molecule has 1 aromatic rings. The molecule has 1 aromatic carbocycles. The minimum absolute atomic E-state index is 0.111. The maximum Gasteiger partial charge on any atom is 0.191 e. The van der Waals surface area contributed by atoms with Gasteiger partial charge >= 0.3 is 0 Å². The van der Waals surface area contributed by atoms with Gasteiger partial charge in [-0.15, -0.1) is 0 Å². The van der Waals surface area contributed by atoms with Gasteiger partial charge in [0.2, 0.25) is 0 Å². The molecule has 28 heavy (non-hydrogen) atoms. The molecular weight excluding hydrogens is 352 g/mol. The fraction of sp³-hybridized carbons (Fsp3) is 0.682. The number of hydrogen-bond acceptors (Lipinski definition) is 4. The van der Waals surface area contributed by atoms with Crippen LogP contribution >= 0.6 is 0 Å². The van der Waals surface area contributed by atoms with Crippen molar-refractivity contribution in [2.45, 2.75) is 44.7 Å². The Morgan fingerprint density at radius 2 is 1.96 bits per heavy atom. The van der Waals surface area contributed by atoms with Crippen molar-refractivity contribution < 1.29 is 9.47 Å². The molecule has 3 rings (SSSR count). The van der Waals surface area contributed by atoms with Crippen molar-refractivity contribution in [3.63, 3.8) is 0 Å². The first kappa shape index (κ1) is 20.9. The largest absolute Gasteiger partial charge is 0.493 e. The Balaban J connectivity index is 1.62. The van der Waals surface area contributed by atoms with Crippen molar-refractivity contribution in [1.29, 1.82) is 0 Å². The van der Waals surface area contributed by atoms with Crippen LogP contribution in [-0.2, 0) is 11.3 Å². The van der Waals surface area contributed by atoms with Crippen LogP contribution in [-0.4, -0.2) is 63.4 Å². The lowest BCUT2D eigenvalue weighted by Gasteiger charge is -2.43. The molecule has 6 nitrogen and oxygen atoms in total. The molecule has 0 bridgehead atoms. The van der Waals surface area contributed by atoms with Gasteiger partial charge in [-0.05, 0) is 58.7 Å². The Hall–Kier alpha value is -1.79. The van der Waals surface area contributed by atoms with E-state index in [0.29, 0.717) is 6.54 Å². The average molecular weight is 389 g/mol. The molecular formula is C22H36N4O2. The number of nitrogens with one attached hydrogen (secondary N) is 2. The highest BCUT2D eigenvalue weighted by Crippen LogP contribution is 2.30. The Kier molecular flexibility index (Phi) is 7.57. The standard InChI is InChI=1S/C22H36N4O2/c1-4-23-21(25-17-22(26(2)3)11-13-27-14-12-22)24-15-19-7-5-6-8-20(19)28-16-18-9-10-18/h5-8,18H,4,9-17H2,1-3H3,(H2,23,24,25). The summed E-state index contributed by atoms with van der Waals surface area (Å²) in [5.74, 6) is 2.56. The second kappa shape index (κ2) is 10.1. The number of guanidine groups is 1. The van der Waals surface area contributed by atoms with Crippen LogP contribution in [0, 0.1) is 5.92 Å².